The first-order valence-corrected chi connectivity index (χ1v) is 9.11. The minimum atomic E-state index is -0.529. The summed E-state index contributed by atoms with van der Waals surface area (Å²) in [5, 5.41) is 0. The molecule has 0 aromatic heterocycles. The van der Waals surface area contributed by atoms with Crippen LogP contribution in [0.25, 0.3) is 6.08 Å². The smallest absolute Gasteiger partial charge is 0.343 e. The monoisotopic (exact) mass is 438 g/mol. The van der Waals surface area contributed by atoms with Crippen molar-refractivity contribution in [1.29, 1.82) is 0 Å². The lowest BCUT2D eigenvalue weighted by atomic mass is 10.1. The van der Waals surface area contributed by atoms with Crippen molar-refractivity contribution in [2.45, 2.75) is 0 Å². The van der Waals surface area contributed by atoms with E-state index in [0.717, 1.165) is 4.47 Å². The second-order valence-electron chi connectivity index (χ2n) is 6.02. The van der Waals surface area contributed by atoms with Gasteiger partial charge in [0.05, 0.1) is 11.1 Å². The molecule has 3 aromatic carbocycles. The number of hydrogen-bond donors (Lipinski definition) is 0. The lowest BCUT2D eigenvalue weighted by Gasteiger charge is -2.06. The summed E-state index contributed by atoms with van der Waals surface area (Å²) < 4.78 is 25.6. The van der Waals surface area contributed by atoms with Gasteiger partial charge in [0.1, 0.15) is 17.3 Å². The zero-order chi connectivity index (χ0) is 19.7. The minimum absolute atomic E-state index is 0.0106. The highest BCUT2D eigenvalue weighted by Gasteiger charge is 2.28. The molecular weight excluding hydrogens is 427 g/mol. The first-order valence-electron chi connectivity index (χ1n) is 8.32. The van der Waals surface area contributed by atoms with Gasteiger partial charge in [0.15, 0.2) is 5.76 Å². The Morgan fingerprint density at radius 1 is 1.04 bits per heavy atom. The lowest BCUT2D eigenvalue weighted by molar-refractivity contribution is 0.0734. The second kappa shape index (κ2) is 7.40. The van der Waals surface area contributed by atoms with E-state index in [9.17, 15) is 14.0 Å². The van der Waals surface area contributed by atoms with Crippen molar-refractivity contribution >= 4 is 33.8 Å². The molecule has 0 aliphatic carbocycles. The Balaban J connectivity index is 1.56. The molecule has 0 N–H and O–H groups in total. The minimum Gasteiger partial charge on any atom is -0.452 e. The highest BCUT2D eigenvalue weighted by atomic mass is 79.9. The second-order valence-corrected chi connectivity index (χ2v) is 6.93. The number of halogens is 2. The van der Waals surface area contributed by atoms with Gasteiger partial charge in [-0.1, -0.05) is 34.1 Å². The number of Topliss-reactive ketones (excluding diaryl/α,β-unsaturated/α-hetero) is 1. The Labute approximate surface area is 168 Å². The maximum absolute atomic E-state index is 13.8. The Bertz CT molecular complexity index is 1120. The van der Waals surface area contributed by atoms with Crippen molar-refractivity contribution in [3.63, 3.8) is 0 Å². The van der Waals surface area contributed by atoms with Gasteiger partial charge in [-0.2, -0.15) is 0 Å². The number of esters is 1. The van der Waals surface area contributed by atoms with Crippen LogP contribution in [0, 0.1) is 5.82 Å². The number of ketones is 1. The normalized spacial score (nSPS) is 13.9. The van der Waals surface area contributed by atoms with Crippen LogP contribution >= 0.6 is 15.9 Å². The van der Waals surface area contributed by atoms with Crippen LogP contribution in [0.1, 0.15) is 26.3 Å². The Kier molecular flexibility index (Phi) is 4.79. The molecule has 28 heavy (non-hydrogen) atoms. The molecular formula is C22H12BrFO4. The van der Waals surface area contributed by atoms with E-state index < -0.39 is 11.8 Å². The molecule has 1 aliphatic heterocycles. The third-order valence-corrected chi connectivity index (χ3v) is 4.65. The van der Waals surface area contributed by atoms with Gasteiger partial charge in [-0.05, 0) is 48.5 Å². The van der Waals surface area contributed by atoms with Crippen LogP contribution < -0.4 is 9.47 Å². The van der Waals surface area contributed by atoms with Crippen LogP contribution in [0.15, 0.2) is 77.0 Å². The van der Waals surface area contributed by atoms with Gasteiger partial charge in [-0.25, -0.2) is 9.18 Å². The molecule has 4 rings (SSSR count). The highest BCUT2D eigenvalue weighted by molar-refractivity contribution is 9.10. The molecule has 0 saturated carbocycles. The van der Waals surface area contributed by atoms with Crippen molar-refractivity contribution in [2.24, 2.45) is 0 Å². The number of rotatable bonds is 3. The van der Waals surface area contributed by atoms with E-state index in [1.165, 1.54) is 30.3 Å². The first kappa shape index (κ1) is 18.1. The topological polar surface area (TPSA) is 52.6 Å². The first-order chi connectivity index (χ1) is 13.5. The van der Waals surface area contributed by atoms with Gasteiger partial charge < -0.3 is 9.47 Å². The van der Waals surface area contributed by atoms with E-state index in [0.29, 0.717) is 11.1 Å². The van der Waals surface area contributed by atoms with Crippen LogP contribution in [0.5, 0.6) is 11.5 Å². The molecule has 0 bridgehead atoms. The zero-order valence-corrected chi connectivity index (χ0v) is 15.9. The van der Waals surface area contributed by atoms with Crippen LogP contribution in [0.2, 0.25) is 0 Å². The largest absolute Gasteiger partial charge is 0.452 e. The molecule has 0 saturated heterocycles. The molecule has 6 heteroatoms. The molecule has 138 valence electrons. The molecule has 0 amide bonds. The predicted molar refractivity (Wildman–Crippen MR) is 105 cm³/mol. The van der Waals surface area contributed by atoms with Crippen molar-refractivity contribution in [3.05, 3.63) is 99.5 Å². The molecule has 0 unspecified atom stereocenters. The Morgan fingerprint density at radius 3 is 2.54 bits per heavy atom. The van der Waals surface area contributed by atoms with Crippen LogP contribution in [0.4, 0.5) is 4.39 Å². The summed E-state index contributed by atoms with van der Waals surface area (Å²) in [6.07, 6.45) is 1.35. The highest BCUT2D eigenvalue weighted by Crippen LogP contribution is 2.35. The predicted octanol–water partition coefficient (Wildman–Crippen LogP) is 5.42. The van der Waals surface area contributed by atoms with Gasteiger partial charge in [0.2, 0.25) is 5.78 Å². The van der Waals surface area contributed by atoms with Gasteiger partial charge in [-0.3, -0.25) is 4.79 Å². The molecule has 1 aliphatic rings. The number of benzene rings is 3. The van der Waals surface area contributed by atoms with E-state index in [1.54, 1.807) is 42.5 Å². The molecule has 4 nitrogen and oxygen atoms in total. The quantitative estimate of drug-likeness (QED) is 0.311. The zero-order valence-electron chi connectivity index (χ0n) is 14.3. The van der Waals surface area contributed by atoms with Crippen LogP contribution in [-0.2, 0) is 0 Å². The maximum Gasteiger partial charge on any atom is 0.343 e. The molecule has 0 radical (unpaired) electrons. The summed E-state index contributed by atoms with van der Waals surface area (Å²) in [6.45, 7) is 0. The van der Waals surface area contributed by atoms with Crippen molar-refractivity contribution in [1.82, 2.24) is 0 Å². The fourth-order valence-corrected chi connectivity index (χ4v) is 2.98. The summed E-state index contributed by atoms with van der Waals surface area (Å²) in [7, 11) is 0. The number of hydrogen-bond acceptors (Lipinski definition) is 4. The van der Waals surface area contributed by atoms with Crippen molar-refractivity contribution in [2.75, 3.05) is 0 Å². The summed E-state index contributed by atoms with van der Waals surface area (Å²) in [5.74, 6) is -0.828. The SMILES string of the molecule is O=C(Oc1ccc2c(c1)O/C(=C\c1ccccc1F)C2=O)c1ccc(Br)cc1. The molecule has 1 heterocycles. The summed E-state index contributed by atoms with van der Waals surface area (Å²) in [6, 6.07) is 17.3. The molecule has 0 spiro atoms. The summed E-state index contributed by atoms with van der Waals surface area (Å²) in [4.78, 5) is 24.7. The van der Waals surface area contributed by atoms with Crippen LogP contribution in [0.3, 0.4) is 0 Å². The fourth-order valence-electron chi connectivity index (χ4n) is 2.72. The van der Waals surface area contributed by atoms with Gasteiger partial charge in [0.25, 0.3) is 0 Å². The van der Waals surface area contributed by atoms with Crippen LogP contribution in [-0.4, -0.2) is 11.8 Å². The third-order valence-electron chi connectivity index (χ3n) is 4.12. The summed E-state index contributed by atoms with van der Waals surface area (Å²) >= 11 is 3.31. The number of carbonyl (C=O) groups is 2. The number of ether oxygens (including phenoxy) is 2. The number of carbonyl (C=O) groups excluding carboxylic acids is 2. The van der Waals surface area contributed by atoms with E-state index in [4.69, 9.17) is 9.47 Å². The third kappa shape index (κ3) is 3.59. The number of allylic oxidation sites excluding steroid dienone is 1. The summed E-state index contributed by atoms with van der Waals surface area (Å²) in [5.41, 5.74) is 0.965. The lowest BCUT2D eigenvalue weighted by Crippen LogP contribution is -2.08. The van der Waals surface area contributed by atoms with Gasteiger partial charge in [-0.15, -0.1) is 0 Å². The number of fused-ring (bicyclic) bond motifs is 1. The Hall–Kier alpha value is -3.25. The van der Waals surface area contributed by atoms with E-state index >= 15 is 0 Å². The van der Waals surface area contributed by atoms with E-state index in [-0.39, 0.29) is 28.6 Å². The van der Waals surface area contributed by atoms with Gasteiger partial charge >= 0.3 is 5.97 Å². The van der Waals surface area contributed by atoms with E-state index in [2.05, 4.69) is 15.9 Å². The standard InChI is InChI=1S/C22H12BrFO4/c23-15-7-5-13(6-8-15)22(26)27-16-9-10-17-19(12-16)28-20(21(17)25)11-14-3-1-2-4-18(14)24/h1-12H/b20-11-. The fraction of sp³-hybridized carbons (Fsp3) is 0. The Morgan fingerprint density at radius 2 is 1.79 bits per heavy atom. The van der Waals surface area contributed by atoms with Crippen molar-refractivity contribution < 1.29 is 23.5 Å². The average Bonchev–Trinajstić information content (AvgIpc) is 2.99. The van der Waals surface area contributed by atoms with E-state index in [1.807, 2.05) is 0 Å². The average molecular weight is 439 g/mol. The maximum atomic E-state index is 13.8. The molecule has 0 fully saturated rings. The molecule has 3 aromatic rings. The molecule has 0 atom stereocenters. The van der Waals surface area contributed by atoms with Gasteiger partial charge in [0, 0.05) is 16.1 Å². The van der Waals surface area contributed by atoms with Crippen molar-refractivity contribution in [3.8, 4) is 11.5 Å².